The van der Waals surface area contributed by atoms with Crippen LogP contribution in [0.15, 0.2) is 28.2 Å². The van der Waals surface area contributed by atoms with Crippen LogP contribution in [0.4, 0.5) is 0 Å². The Labute approximate surface area is 201 Å². The molecule has 5 aliphatic rings. The summed E-state index contributed by atoms with van der Waals surface area (Å²) in [6.45, 7) is 3.79. The van der Waals surface area contributed by atoms with E-state index in [-0.39, 0.29) is 17.9 Å². The standard InChI is InChI=1S/C26H34N6O2/c1-16-2-3-22(34-5-4-33)8-20(16)13-29-25-30-14-21(12-27)24(32-25)31-15-26-9-17-6-18(10-26)23(28)19(7-17)11-26/h2-4,8,17-19,21,23H,5-7,9-11,13-15,28H2,1H3,(H2,29,30,31,32)/t17?,18-,19+,21?,23?,26?. The van der Waals surface area contributed by atoms with Crippen molar-refractivity contribution in [3.8, 4) is 11.8 Å². The molecule has 0 spiro atoms. The average Bonchev–Trinajstić information content (AvgIpc) is 2.84. The monoisotopic (exact) mass is 462 g/mol. The van der Waals surface area contributed by atoms with Gasteiger partial charge in [-0.2, -0.15) is 5.26 Å². The molecule has 8 heteroatoms. The zero-order valence-corrected chi connectivity index (χ0v) is 19.8. The Morgan fingerprint density at radius 1 is 1.35 bits per heavy atom. The zero-order chi connectivity index (χ0) is 23.7. The minimum atomic E-state index is -0.344. The number of hydrogen-bond acceptors (Lipinski definition) is 7. The summed E-state index contributed by atoms with van der Waals surface area (Å²) in [5, 5.41) is 16.3. The topological polar surface area (TPSA) is 125 Å². The lowest BCUT2D eigenvalue weighted by molar-refractivity contribution is -0.109. The highest BCUT2D eigenvalue weighted by Crippen LogP contribution is 2.59. The number of aldehydes is 1. The van der Waals surface area contributed by atoms with E-state index >= 15 is 0 Å². The maximum atomic E-state index is 10.6. The first-order chi connectivity index (χ1) is 16.5. The molecule has 4 bridgehead atoms. The van der Waals surface area contributed by atoms with E-state index in [2.05, 4.69) is 21.7 Å². The van der Waals surface area contributed by atoms with Crippen LogP contribution in [0.3, 0.4) is 0 Å². The number of nitrogens with two attached hydrogens (primary N) is 1. The van der Waals surface area contributed by atoms with Gasteiger partial charge in [0.2, 0.25) is 0 Å². The number of guanidine groups is 1. The third-order valence-electron chi connectivity index (χ3n) is 8.31. The van der Waals surface area contributed by atoms with Gasteiger partial charge in [-0.3, -0.25) is 14.8 Å². The number of rotatable bonds is 7. The van der Waals surface area contributed by atoms with Crippen LogP contribution in [0.2, 0.25) is 0 Å². The van der Waals surface area contributed by atoms with Crippen molar-refractivity contribution in [2.45, 2.75) is 51.6 Å². The molecule has 6 atom stereocenters. The lowest BCUT2D eigenvalue weighted by Gasteiger charge is -2.59. The van der Waals surface area contributed by atoms with Gasteiger partial charge in [0.15, 0.2) is 12.2 Å². The quantitative estimate of drug-likeness (QED) is 0.534. The third-order valence-corrected chi connectivity index (χ3v) is 8.31. The number of aryl methyl sites for hydroxylation is 1. The van der Waals surface area contributed by atoms with Gasteiger partial charge in [-0.05, 0) is 85.5 Å². The number of aliphatic imine (C=N–C) groups is 2. The molecule has 0 saturated heterocycles. The fraction of sp³-hybridized carbons (Fsp3) is 0.615. The first-order valence-electron chi connectivity index (χ1n) is 12.4. The maximum Gasteiger partial charge on any atom is 0.197 e. The van der Waals surface area contributed by atoms with Crippen LogP contribution < -0.4 is 21.1 Å². The number of carbonyl (C=O) groups excluding carboxylic acids is 1. The van der Waals surface area contributed by atoms with Gasteiger partial charge in [-0.15, -0.1) is 0 Å². The number of ether oxygens (including phenoxy) is 1. The molecule has 1 aromatic rings. The van der Waals surface area contributed by atoms with Crippen molar-refractivity contribution in [3.63, 3.8) is 0 Å². The normalized spacial score (nSPS) is 34.8. The Morgan fingerprint density at radius 2 is 2.15 bits per heavy atom. The van der Waals surface area contributed by atoms with Gasteiger partial charge < -0.3 is 21.1 Å². The molecule has 4 fully saturated rings. The van der Waals surface area contributed by atoms with Gasteiger partial charge >= 0.3 is 0 Å². The Bertz CT molecular complexity index is 1030. The molecular weight excluding hydrogens is 428 g/mol. The molecule has 0 amide bonds. The Hall–Kier alpha value is -2.92. The van der Waals surface area contributed by atoms with Crippen molar-refractivity contribution < 1.29 is 9.53 Å². The van der Waals surface area contributed by atoms with Gasteiger partial charge in [0.1, 0.15) is 24.1 Å². The molecule has 1 heterocycles. The lowest BCUT2D eigenvalue weighted by Crippen LogP contribution is -2.57. The number of carbonyl (C=O) groups is 1. The Balaban J connectivity index is 1.24. The molecule has 4 N–H and O–H groups in total. The molecule has 34 heavy (non-hydrogen) atoms. The summed E-state index contributed by atoms with van der Waals surface area (Å²) < 4.78 is 5.42. The summed E-state index contributed by atoms with van der Waals surface area (Å²) in [4.78, 5) is 20.1. The van der Waals surface area contributed by atoms with Crippen molar-refractivity contribution >= 4 is 18.1 Å². The van der Waals surface area contributed by atoms with E-state index in [0.717, 1.165) is 35.7 Å². The molecule has 8 nitrogen and oxygen atoms in total. The number of amidine groups is 1. The molecule has 0 aromatic heterocycles. The van der Waals surface area contributed by atoms with Crippen LogP contribution in [-0.4, -0.2) is 43.8 Å². The summed E-state index contributed by atoms with van der Waals surface area (Å²) in [6, 6.07) is 8.49. The van der Waals surface area contributed by atoms with Crippen molar-refractivity contribution in [2.75, 3.05) is 19.7 Å². The molecule has 1 aromatic carbocycles. The summed E-state index contributed by atoms with van der Waals surface area (Å²) in [7, 11) is 0. The van der Waals surface area contributed by atoms with Crippen LogP contribution in [0.5, 0.6) is 5.75 Å². The van der Waals surface area contributed by atoms with Crippen LogP contribution in [0, 0.1) is 47.3 Å². The number of nitriles is 1. The van der Waals surface area contributed by atoms with E-state index in [1.54, 1.807) is 0 Å². The highest BCUT2D eigenvalue weighted by Gasteiger charge is 2.54. The Kier molecular flexibility index (Phi) is 6.30. The number of benzene rings is 1. The molecular formula is C26H34N6O2. The van der Waals surface area contributed by atoms with E-state index in [9.17, 15) is 10.1 Å². The second kappa shape index (κ2) is 9.38. The van der Waals surface area contributed by atoms with E-state index in [1.807, 2.05) is 25.1 Å². The van der Waals surface area contributed by atoms with Gasteiger partial charge in [0.25, 0.3) is 0 Å². The molecule has 1 aliphatic heterocycles. The fourth-order valence-electron chi connectivity index (χ4n) is 6.78. The summed E-state index contributed by atoms with van der Waals surface area (Å²) in [5.74, 6) is 3.77. The van der Waals surface area contributed by atoms with Crippen LogP contribution in [0.1, 0.15) is 43.2 Å². The second-order valence-corrected chi connectivity index (χ2v) is 10.7. The fourth-order valence-corrected chi connectivity index (χ4v) is 6.78. The molecule has 4 unspecified atom stereocenters. The molecule has 4 saturated carbocycles. The predicted octanol–water partition coefficient (Wildman–Crippen LogP) is 2.31. The molecule has 180 valence electrons. The smallest absolute Gasteiger partial charge is 0.197 e. The SMILES string of the molecule is Cc1ccc(OCC=O)cc1CNC1=NCC(C#N)C(=NCC23CC4C[C@H](C2)C(N)[C@@H](C4)C3)N1. The third kappa shape index (κ3) is 4.54. The summed E-state index contributed by atoms with van der Waals surface area (Å²) in [5.41, 5.74) is 8.94. The zero-order valence-electron chi connectivity index (χ0n) is 19.8. The van der Waals surface area contributed by atoms with E-state index in [1.165, 1.54) is 32.1 Å². The molecule has 6 rings (SSSR count). The largest absolute Gasteiger partial charge is 0.486 e. The van der Waals surface area contributed by atoms with Crippen molar-refractivity contribution in [1.82, 2.24) is 10.6 Å². The van der Waals surface area contributed by atoms with Crippen molar-refractivity contribution in [2.24, 2.45) is 44.8 Å². The van der Waals surface area contributed by atoms with Crippen LogP contribution >= 0.6 is 0 Å². The van der Waals surface area contributed by atoms with E-state index in [4.69, 9.17) is 15.5 Å². The molecule has 0 radical (unpaired) electrons. The van der Waals surface area contributed by atoms with Gasteiger partial charge in [-0.25, -0.2) is 0 Å². The van der Waals surface area contributed by atoms with Crippen LogP contribution in [0.25, 0.3) is 0 Å². The average molecular weight is 463 g/mol. The lowest BCUT2D eigenvalue weighted by atomic mass is 9.48. The van der Waals surface area contributed by atoms with Crippen molar-refractivity contribution in [3.05, 3.63) is 29.3 Å². The predicted molar refractivity (Wildman–Crippen MR) is 130 cm³/mol. The second-order valence-electron chi connectivity index (χ2n) is 10.7. The van der Waals surface area contributed by atoms with Crippen molar-refractivity contribution in [1.29, 1.82) is 5.26 Å². The number of hydrogen-bond donors (Lipinski definition) is 3. The van der Waals surface area contributed by atoms with Gasteiger partial charge in [0.05, 0.1) is 12.6 Å². The maximum absolute atomic E-state index is 10.6. The summed E-state index contributed by atoms with van der Waals surface area (Å²) >= 11 is 0. The van der Waals surface area contributed by atoms with Gasteiger partial charge in [-0.1, -0.05) is 6.07 Å². The molecule has 4 aliphatic carbocycles. The first kappa shape index (κ1) is 22.9. The van der Waals surface area contributed by atoms with Crippen LogP contribution in [-0.2, 0) is 11.3 Å². The van der Waals surface area contributed by atoms with Gasteiger partial charge in [0, 0.05) is 19.1 Å². The van der Waals surface area contributed by atoms with E-state index < -0.39 is 0 Å². The highest BCUT2D eigenvalue weighted by molar-refractivity contribution is 6.03. The number of nitrogens with one attached hydrogen (secondary N) is 2. The minimum absolute atomic E-state index is 0.0369. The highest BCUT2D eigenvalue weighted by atomic mass is 16.5. The first-order valence-corrected chi connectivity index (χ1v) is 12.4. The van der Waals surface area contributed by atoms with E-state index in [0.29, 0.717) is 42.7 Å². The Morgan fingerprint density at radius 3 is 2.88 bits per heavy atom. The minimum Gasteiger partial charge on any atom is -0.486 e. The number of nitrogens with zero attached hydrogens (tertiary/aromatic N) is 3. The summed E-state index contributed by atoms with van der Waals surface area (Å²) in [6.07, 6.45) is 6.92.